The molecule has 0 aliphatic rings. The average Bonchev–Trinajstić information content (AvgIpc) is 2.65. The molecule has 0 radical (unpaired) electrons. The van der Waals surface area contributed by atoms with Crippen LogP contribution in [0.15, 0.2) is 27.1 Å². The molecule has 3 nitrogen and oxygen atoms in total. The Morgan fingerprint density at radius 1 is 1.37 bits per heavy atom. The van der Waals surface area contributed by atoms with E-state index in [1.165, 1.54) is 0 Å². The third-order valence-electron chi connectivity index (χ3n) is 2.83. The summed E-state index contributed by atoms with van der Waals surface area (Å²) in [6, 6.07) is 5.80. The van der Waals surface area contributed by atoms with Crippen molar-refractivity contribution in [3.8, 4) is 0 Å². The van der Waals surface area contributed by atoms with Gasteiger partial charge in [0.2, 0.25) is 0 Å². The van der Waals surface area contributed by atoms with E-state index in [4.69, 9.17) is 11.6 Å². The highest BCUT2D eigenvalue weighted by Gasteiger charge is 2.12. The third-order valence-corrected chi connectivity index (χ3v) is 4.67. The van der Waals surface area contributed by atoms with Crippen molar-refractivity contribution in [3.63, 3.8) is 0 Å². The Labute approximate surface area is 134 Å². The summed E-state index contributed by atoms with van der Waals surface area (Å²) in [7, 11) is 0. The van der Waals surface area contributed by atoms with E-state index in [1.807, 2.05) is 29.8 Å². The number of nitrogens with zero attached hydrogens (tertiary/aromatic N) is 2. The van der Waals surface area contributed by atoms with E-state index in [0.717, 1.165) is 32.6 Å². The summed E-state index contributed by atoms with van der Waals surface area (Å²) in [5.41, 5.74) is 3.04. The van der Waals surface area contributed by atoms with Crippen molar-refractivity contribution >= 4 is 49.1 Å². The first kappa shape index (κ1) is 14.9. The van der Waals surface area contributed by atoms with E-state index in [9.17, 15) is 0 Å². The van der Waals surface area contributed by atoms with Gasteiger partial charge in [0.1, 0.15) is 0 Å². The maximum Gasteiger partial charge on any atom is 0.0739 e. The minimum Gasteiger partial charge on any atom is -0.378 e. The predicted molar refractivity (Wildman–Crippen MR) is 86.8 cm³/mol. The van der Waals surface area contributed by atoms with Crippen LogP contribution in [0.5, 0.6) is 0 Å². The lowest BCUT2D eigenvalue weighted by Gasteiger charge is -2.10. The molecule has 0 atom stereocenters. The summed E-state index contributed by atoms with van der Waals surface area (Å²) in [4.78, 5) is 0. The minimum absolute atomic E-state index is 0.677. The molecule has 19 heavy (non-hydrogen) atoms. The van der Waals surface area contributed by atoms with Crippen molar-refractivity contribution < 1.29 is 0 Å². The average molecular weight is 408 g/mol. The molecule has 0 aliphatic heterocycles. The van der Waals surface area contributed by atoms with Gasteiger partial charge in [-0.3, -0.25) is 4.68 Å². The number of rotatable bonds is 4. The van der Waals surface area contributed by atoms with Crippen molar-refractivity contribution in [2.24, 2.45) is 0 Å². The fourth-order valence-electron chi connectivity index (χ4n) is 1.85. The van der Waals surface area contributed by atoms with Gasteiger partial charge < -0.3 is 5.32 Å². The quantitative estimate of drug-likeness (QED) is 0.773. The molecule has 0 fully saturated rings. The topological polar surface area (TPSA) is 29.9 Å². The minimum atomic E-state index is 0.677. The van der Waals surface area contributed by atoms with Crippen LogP contribution in [-0.2, 0) is 13.1 Å². The molecule has 6 heteroatoms. The lowest BCUT2D eigenvalue weighted by molar-refractivity contribution is 0.622. The number of anilines is 1. The molecule has 0 bridgehead atoms. The summed E-state index contributed by atoms with van der Waals surface area (Å²) in [5, 5.41) is 8.51. The first-order valence-corrected chi connectivity index (χ1v) is 7.90. The Bertz CT molecular complexity index is 596. The van der Waals surface area contributed by atoms with Crippen LogP contribution < -0.4 is 5.32 Å². The number of hydrogen-bond acceptors (Lipinski definition) is 2. The second kappa shape index (κ2) is 6.29. The van der Waals surface area contributed by atoms with Crippen molar-refractivity contribution in [2.45, 2.75) is 26.9 Å². The summed E-state index contributed by atoms with van der Waals surface area (Å²) >= 11 is 13.2. The van der Waals surface area contributed by atoms with Crippen LogP contribution in [0.4, 0.5) is 5.69 Å². The Morgan fingerprint density at radius 3 is 2.74 bits per heavy atom. The van der Waals surface area contributed by atoms with Gasteiger partial charge >= 0.3 is 0 Å². The lowest BCUT2D eigenvalue weighted by Crippen LogP contribution is -2.08. The van der Waals surface area contributed by atoms with Crippen LogP contribution in [0.25, 0.3) is 0 Å². The Hall–Kier alpha value is -0.520. The summed E-state index contributed by atoms with van der Waals surface area (Å²) in [5.74, 6) is 0. The molecular weight excluding hydrogens is 393 g/mol. The van der Waals surface area contributed by atoms with E-state index >= 15 is 0 Å². The molecule has 0 aliphatic carbocycles. The Balaban J connectivity index is 2.18. The second-order valence-corrected chi connectivity index (χ2v) is 6.26. The van der Waals surface area contributed by atoms with Gasteiger partial charge in [-0.1, -0.05) is 27.5 Å². The molecule has 1 aromatic carbocycles. The van der Waals surface area contributed by atoms with E-state index in [1.54, 1.807) is 0 Å². The normalized spacial score (nSPS) is 10.8. The van der Waals surface area contributed by atoms with Crippen LogP contribution in [-0.4, -0.2) is 9.78 Å². The van der Waals surface area contributed by atoms with Crippen LogP contribution >= 0.6 is 43.5 Å². The van der Waals surface area contributed by atoms with E-state index < -0.39 is 0 Å². The van der Waals surface area contributed by atoms with Gasteiger partial charge in [0, 0.05) is 11.0 Å². The van der Waals surface area contributed by atoms with Gasteiger partial charge in [0.25, 0.3) is 0 Å². The highest BCUT2D eigenvalue weighted by atomic mass is 79.9. The maximum atomic E-state index is 6.19. The molecule has 2 rings (SSSR count). The lowest BCUT2D eigenvalue weighted by atomic mass is 10.3. The summed E-state index contributed by atoms with van der Waals surface area (Å²) < 4.78 is 4.01. The number of nitrogens with one attached hydrogen (secondary N) is 1. The maximum absolute atomic E-state index is 6.19. The fraction of sp³-hybridized carbons (Fsp3) is 0.308. The number of aryl methyl sites for hydroxylation is 2. The van der Waals surface area contributed by atoms with Crippen molar-refractivity contribution in [3.05, 3.63) is 43.6 Å². The summed E-state index contributed by atoms with van der Waals surface area (Å²) in [6.07, 6.45) is 0. The number of hydrogen-bond donors (Lipinski definition) is 1. The zero-order chi connectivity index (χ0) is 14.0. The summed E-state index contributed by atoms with van der Waals surface area (Å²) in [6.45, 7) is 5.59. The van der Waals surface area contributed by atoms with Crippen molar-refractivity contribution in [1.29, 1.82) is 0 Å². The van der Waals surface area contributed by atoms with Crippen molar-refractivity contribution in [2.75, 3.05) is 5.32 Å². The predicted octanol–water partition coefficient (Wildman–Crippen LogP) is 5.00. The zero-order valence-electron chi connectivity index (χ0n) is 10.7. The van der Waals surface area contributed by atoms with Crippen LogP contribution in [0.3, 0.4) is 0 Å². The van der Waals surface area contributed by atoms with Gasteiger partial charge in [-0.15, -0.1) is 0 Å². The highest BCUT2D eigenvalue weighted by Crippen LogP contribution is 2.27. The zero-order valence-corrected chi connectivity index (χ0v) is 14.6. The first-order chi connectivity index (χ1) is 9.02. The number of benzene rings is 1. The highest BCUT2D eigenvalue weighted by molar-refractivity contribution is 9.10. The fourth-order valence-corrected chi connectivity index (χ4v) is 3.01. The largest absolute Gasteiger partial charge is 0.378 e. The van der Waals surface area contributed by atoms with Gasteiger partial charge in [0.15, 0.2) is 0 Å². The molecular formula is C13H14Br2ClN3. The molecule has 0 unspecified atom stereocenters. The van der Waals surface area contributed by atoms with Gasteiger partial charge in [-0.05, 0) is 48.0 Å². The standard InChI is InChI=1S/C13H14Br2ClN3/c1-3-19-12(13(15)8(2)18-19)7-17-11-5-4-9(14)6-10(11)16/h4-6,17H,3,7H2,1-2H3. The van der Waals surface area contributed by atoms with Crippen LogP contribution in [0.2, 0.25) is 5.02 Å². The molecule has 0 amide bonds. The number of aromatic nitrogens is 2. The first-order valence-electron chi connectivity index (χ1n) is 5.93. The molecule has 0 saturated carbocycles. The second-order valence-electron chi connectivity index (χ2n) is 4.14. The van der Waals surface area contributed by atoms with E-state index in [0.29, 0.717) is 11.6 Å². The molecule has 0 saturated heterocycles. The molecule has 1 N–H and O–H groups in total. The molecule has 2 aromatic rings. The van der Waals surface area contributed by atoms with Crippen LogP contribution in [0.1, 0.15) is 18.3 Å². The monoisotopic (exact) mass is 405 g/mol. The molecule has 0 spiro atoms. The van der Waals surface area contributed by atoms with E-state index in [-0.39, 0.29) is 0 Å². The van der Waals surface area contributed by atoms with Crippen LogP contribution in [0, 0.1) is 6.92 Å². The van der Waals surface area contributed by atoms with E-state index in [2.05, 4.69) is 49.2 Å². The van der Waals surface area contributed by atoms with Gasteiger partial charge in [-0.25, -0.2) is 0 Å². The Morgan fingerprint density at radius 2 is 2.11 bits per heavy atom. The number of halogens is 3. The molecule has 1 heterocycles. The van der Waals surface area contributed by atoms with Gasteiger partial charge in [0.05, 0.1) is 33.1 Å². The molecule has 102 valence electrons. The molecule has 1 aromatic heterocycles. The SMILES string of the molecule is CCn1nc(C)c(Br)c1CNc1ccc(Br)cc1Cl. The third kappa shape index (κ3) is 3.33. The smallest absolute Gasteiger partial charge is 0.0739 e. The van der Waals surface area contributed by atoms with Crippen molar-refractivity contribution in [1.82, 2.24) is 9.78 Å². The van der Waals surface area contributed by atoms with Gasteiger partial charge in [-0.2, -0.15) is 5.10 Å². The Kier molecular flexibility index (Phi) is 4.92.